The molecule has 1 N–H and O–H groups in total. The lowest BCUT2D eigenvalue weighted by Gasteiger charge is -2.10. The lowest BCUT2D eigenvalue weighted by Crippen LogP contribution is -2.25. The van der Waals surface area contributed by atoms with Crippen molar-refractivity contribution in [1.82, 2.24) is 15.1 Å². The molecule has 0 aliphatic heterocycles. The smallest absolute Gasteiger partial charge is 0.283 e. The van der Waals surface area contributed by atoms with Crippen molar-refractivity contribution in [2.45, 2.75) is 26.3 Å². The predicted octanol–water partition coefficient (Wildman–Crippen LogP) is 3.13. The standard InChI is InChI=1S/C15H15F4N3O/c1-3-8-4-5-10(16)6-9(8)7-20-15(23)11-12(13(17)18)21-22(2)14(11)19/h4-6,13H,3,7H2,1-2H3,(H,20,23). The van der Waals surface area contributed by atoms with Gasteiger partial charge in [-0.3, -0.25) is 4.79 Å². The molecular formula is C15H15F4N3O. The first-order valence-corrected chi connectivity index (χ1v) is 6.91. The van der Waals surface area contributed by atoms with E-state index in [1.165, 1.54) is 12.1 Å². The van der Waals surface area contributed by atoms with Crippen LogP contribution in [-0.2, 0) is 20.0 Å². The summed E-state index contributed by atoms with van der Waals surface area (Å²) in [6.07, 6.45) is -2.47. The Morgan fingerprint density at radius 2 is 2.00 bits per heavy atom. The van der Waals surface area contributed by atoms with Gasteiger partial charge in [0.25, 0.3) is 12.3 Å². The summed E-state index contributed by atoms with van der Waals surface area (Å²) in [4.78, 5) is 12.0. The lowest BCUT2D eigenvalue weighted by atomic mass is 10.0. The number of alkyl halides is 2. The summed E-state index contributed by atoms with van der Waals surface area (Å²) in [5.41, 5.74) is -0.411. The number of aromatic nitrogens is 2. The van der Waals surface area contributed by atoms with Crippen LogP contribution in [0.15, 0.2) is 18.2 Å². The number of hydrogen-bond acceptors (Lipinski definition) is 2. The van der Waals surface area contributed by atoms with Crippen molar-refractivity contribution in [2.75, 3.05) is 0 Å². The molecule has 4 nitrogen and oxygen atoms in total. The highest BCUT2D eigenvalue weighted by Gasteiger charge is 2.28. The number of halogens is 4. The molecule has 0 radical (unpaired) electrons. The van der Waals surface area contributed by atoms with Gasteiger partial charge in [0.2, 0.25) is 5.95 Å². The molecule has 0 unspecified atom stereocenters. The van der Waals surface area contributed by atoms with Crippen molar-refractivity contribution in [2.24, 2.45) is 7.05 Å². The fourth-order valence-electron chi connectivity index (χ4n) is 2.25. The van der Waals surface area contributed by atoms with Crippen LogP contribution in [0.2, 0.25) is 0 Å². The zero-order chi connectivity index (χ0) is 17.1. The molecule has 23 heavy (non-hydrogen) atoms. The molecule has 8 heteroatoms. The van der Waals surface area contributed by atoms with Gasteiger partial charge in [-0.1, -0.05) is 13.0 Å². The van der Waals surface area contributed by atoms with E-state index in [-0.39, 0.29) is 6.54 Å². The van der Waals surface area contributed by atoms with Gasteiger partial charge in [-0.2, -0.15) is 9.49 Å². The molecule has 0 aliphatic rings. The van der Waals surface area contributed by atoms with E-state index in [0.717, 1.165) is 12.6 Å². The van der Waals surface area contributed by atoms with Gasteiger partial charge < -0.3 is 5.32 Å². The van der Waals surface area contributed by atoms with Crippen molar-refractivity contribution >= 4 is 5.91 Å². The first kappa shape index (κ1) is 17.0. The second-order valence-corrected chi connectivity index (χ2v) is 4.92. The molecule has 124 valence electrons. The van der Waals surface area contributed by atoms with Gasteiger partial charge >= 0.3 is 0 Å². The molecule has 0 saturated heterocycles. The Balaban J connectivity index is 2.23. The Hall–Kier alpha value is -2.38. The first-order valence-electron chi connectivity index (χ1n) is 6.91. The Bertz CT molecular complexity index is 728. The number of hydrogen-bond donors (Lipinski definition) is 1. The van der Waals surface area contributed by atoms with Gasteiger partial charge in [-0.15, -0.1) is 0 Å². The van der Waals surface area contributed by atoms with Crippen molar-refractivity contribution < 1.29 is 22.4 Å². The van der Waals surface area contributed by atoms with Gasteiger partial charge in [0.15, 0.2) is 0 Å². The molecule has 1 aromatic heterocycles. The van der Waals surface area contributed by atoms with Gasteiger partial charge in [-0.05, 0) is 29.7 Å². The number of benzene rings is 1. The van der Waals surface area contributed by atoms with Crippen molar-refractivity contribution in [3.63, 3.8) is 0 Å². The summed E-state index contributed by atoms with van der Waals surface area (Å²) in [7, 11) is 1.12. The Kier molecular flexibility index (Phi) is 5.02. The molecule has 0 atom stereocenters. The number of carbonyl (C=O) groups is 1. The Morgan fingerprint density at radius 1 is 1.30 bits per heavy atom. The third-order valence-electron chi connectivity index (χ3n) is 3.43. The molecule has 1 aromatic carbocycles. The van der Waals surface area contributed by atoms with Gasteiger partial charge in [0.1, 0.15) is 17.1 Å². The number of rotatable bonds is 5. The van der Waals surface area contributed by atoms with E-state index in [4.69, 9.17) is 0 Å². The van der Waals surface area contributed by atoms with E-state index in [1.807, 2.05) is 6.92 Å². The van der Waals surface area contributed by atoms with E-state index in [9.17, 15) is 22.4 Å². The quantitative estimate of drug-likeness (QED) is 0.857. The minimum Gasteiger partial charge on any atom is -0.348 e. The maximum absolute atomic E-state index is 13.8. The molecule has 2 aromatic rings. The number of amides is 1. The largest absolute Gasteiger partial charge is 0.348 e. The van der Waals surface area contributed by atoms with Gasteiger partial charge in [0.05, 0.1) is 0 Å². The Morgan fingerprint density at radius 3 is 2.61 bits per heavy atom. The van der Waals surface area contributed by atoms with E-state index >= 15 is 0 Å². The van der Waals surface area contributed by atoms with Gasteiger partial charge in [0, 0.05) is 13.6 Å². The fraction of sp³-hybridized carbons (Fsp3) is 0.333. The molecular weight excluding hydrogens is 314 g/mol. The summed E-state index contributed by atoms with van der Waals surface area (Å²) in [5.74, 6) is -2.64. The van der Waals surface area contributed by atoms with Crippen LogP contribution >= 0.6 is 0 Å². The number of aryl methyl sites for hydroxylation is 2. The molecule has 0 spiro atoms. The van der Waals surface area contributed by atoms with Crippen LogP contribution in [0.25, 0.3) is 0 Å². The fourth-order valence-corrected chi connectivity index (χ4v) is 2.25. The molecule has 0 fully saturated rings. The lowest BCUT2D eigenvalue weighted by molar-refractivity contribution is 0.0931. The van der Waals surface area contributed by atoms with E-state index in [2.05, 4.69) is 10.4 Å². The van der Waals surface area contributed by atoms with Crippen molar-refractivity contribution in [3.05, 3.63) is 52.3 Å². The molecule has 1 amide bonds. The van der Waals surface area contributed by atoms with E-state index < -0.39 is 35.4 Å². The second kappa shape index (κ2) is 6.80. The molecule has 2 rings (SSSR count). The topological polar surface area (TPSA) is 46.9 Å². The van der Waals surface area contributed by atoms with E-state index in [1.54, 1.807) is 6.07 Å². The molecule has 0 saturated carbocycles. The highest BCUT2D eigenvalue weighted by molar-refractivity contribution is 5.95. The van der Waals surface area contributed by atoms with Crippen molar-refractivity contribution in [1.29, 1.82) is 0 Å². The summed E-state index contributed by atoms with van der Waals surface area (Å²) in [6.45, 7) is 1.75. The zero-order valence-electron chi connectivity index (χ0n) is 12.5. The summed E-state index contributed by atoms with van der Waals surface area (Å²) >= 11 is 0. The van der Waals surface area contributed by atoms with Crippen LogP contribution in [0.5, 0.6) is 0 Å². The molecule has 1 heterocycles. The van der Waals surface area contributed by atoms with Crippen LogP contribution in [0.3, 0.4) is 0 Å². The van der Waals surface area contributed by atoms with Crippen LogP contribution in [0.4, 0.5) is 17.6 Å². The zero-order valence-corrected chi connectivity index (χ0v) is 12.5. The third kappa shape index (κ3) is 3.52. The van der Waals surface area contributed by atoms with E-state index in [0.29, 0.717) is 16.7 Å². The van der Waals surface area contributed by atoms with Crippen LogP contribution in [0, 0.1) is 11.8 Å². The summed E-state index contributed by atoms with van der Waals surface area (Å²) in [6, 6.07) is 4.11. The average molecular weight is 329 g/mol. The van der Waals surface area contributed by atoms with Crippen molar-refractivity contribution in [3.8, 4) is 0 Å². The summed E-state index contributed by atoms with van der Waals surface area (Å²) in [5, 5.41) is 5.64. The minimum absolute atomic E-state index is 0.100. The van der Waals surface area contributed by atoms with Crippen LogP contribution in [0.1, 0.15) is 40.5 Å². The average Bonchev–Trinajstić information content (AvgIpc) is 2.81. The van der Waals surface area contributed by atoms with Crippen LogP contribution < -0.4 is 5.32 Å². The SMILES string of the molecule is CCc1ccc(F)cc1CNC(=O)c1c(C(F)F)nn(C)c1F. The predicted molar refractivity (Wildman–Crippen MR) is 75.1 cm³/mol. The number of nitrogens with zero attached hydrogens (tertiary/aromatic N) is 2. The number of carbonyl (C=O) groups excluding carboxylic acids is 1. The highest BCUT2D eigenvalue weighted by Crippen LogP contribution is 2.23. The molecule has 0 aliphatic carbocycles. The summed E-state index contributed by atoms with van der Waals surface area (Å²) < 4.78 is 53.4. The number of nitrogens with one attached hydrogen (secondary N) is 1. The maximum atomic E-state index is 13.8. The molecule has 0 bridgehead atoms. The minimum atomic E-state index is -3.08. The maximum Gasteiger partial charge on any atom is 0.283 e. The Labute approximate surface area is 130 Å². The van der Waals surface area contributed by atoms with Gasteiger partial charge in [-0.25, -0.2) is 17.9 Å². The first-order chi connectivity index (χ1) is 10.8. The highest BCUT2D eigenvalue weighted by atomic mass is 19.3. The second-order valence-electron chi connectivity index (χ2n) is 4.92. The van der Waals surface area contributed by atoms with Crippen LogP contribution in [-0.4, -0.2) is 15.7 Å². The monoisotopic (exact) mass is 329 g/mol. The normalized spacial score (nSPS) is 11.1. The third-order valence-corrected chi connectivity index (χ3v) is 3.43.